The van der Waals surface area contributed by atoms with Gasteiger partial charge in [-0.3, -0.25) is 14.8 Å². The summed E-state index contributed by atoms with van der Waals surface area (Å²) in [5, 5.41) is 0. The van der Waals surface area contributed by atoms with Crippen molar-refractivity contribution < 1.29 is 0 Å². The molecule has 5 heteroatoms. The normalized spacial score (nSPS) is 26.5. The molecule has 0 aromatic rings. The van der Waals surface area contributed by atoms with Crippen LogP contribution in [0.3, 0.4) is 0 Å². The molecule has 1 spiro atoms. The van der Waals surface area contributed by atoms with Crippen molar-refractivity contribution in [2.45, 2.75) is 45.1 Å². The summed E-state index contributed by atoms with van der Waals surface area (Å²) in [4.78, 5) is 12.4. The van der Waals surface area contributed by atoms with Crippen LogP contribution in [0, 0.1) is 5.41 Å². The summed E-state index contributed by atoms with van der Waals surface area (Å²) in [6.07, 6.45) is 8.18. The molecule has 0 amide bonds. The second-order valence-electron chi connectivity index (χ2n) is 9.01. The molecule has 0 radical (unpaired) electrons. The number of aliphatic imine (C=N–C) groups is 1. The van der Waals surface area contributed by atoms with E-state index >= 15 is 0 Å². The maximum atomic E-state index is 6.19. The van der Waals surface area contributed by atoms with E-state index in [2.05, 4.69) is 48.8 Å². The highest BCUT2D eigenvalue weighted by Gasteiger charge is 2.38. The van der Waals surface area contributed by atoms with E-state index in [0.29, 0.717) is 5.41 Å². The topological polar surface area (TPSA) is 48.1 Å². The average molecular weight is 362 g/mol. The Labute approximate surface area is 160 Å². The zero-order chi connectivity index (χ0) is 19.2. The number of likely N-dealkylation sites (tertiary alicyclic amines) is 2. The fourth-order valence-electron chi connectivity index (χ4n) is 4.06. The molecule has 0 atom stereocenters. The Kier molecular flexibility index (Phi) is 7.44. The predicted octanol–water partition coefficient (Wildman–Crippen LogP) is 2.56. The molecule has 3 aliphatic heterocycles. The van der Waals surface area contributed by atoms with Crippen molar-refractivity contribution in [2.24, 2.45) is 16.1 Å². The largest absolute Gasteiger partial charge is 0.386 e. The van der Waals surface area contributed by atoms with Crippen LogP contribution in [0.25, 0.3) is 0 Å². The van der Waals surface area contributed by atoms with Crippen LogP contribution in [0.15, 0.2) is 30.3 Å². The molecule has 2 N–H and O–H groups in total. The van der Waals surface area contributed by atoms with E-state index in [-0.39, 0.29) is 5.54 Å². The van der Waals surface area contributed by atoms with Gasteiger partial charge in [0.2, 0.25) is 0 Å². The SMILES string of the molecule is C=CC=C.CN1CCC2(CC1)CN(CN1CCC(C)(C)CC1)CC(N)=N2. The van der Waals surface area contributed by atoms with Gasteiger partial charge in [0, 0.05) is 19.6 Å². The second-order valence-corrected chi connectivity index (χ2v) is 9.01. The van der Waals surface area contributed by atoms with Crippen LogP contribution in [-0.2, 0) is 0 Å². The van der Waals surface area contributed by atoms with E-state index in [4.69, 9.17) is 10.7 Å². The van der Waals surface area contributed by atoms with Crippen molar-refractivity contribution in [1.82, 2.24) is 14.7 Å². The molecular formula is C21H39N5. The molecule has 0 bridgehead atoms. The molecule has 0 unspecified atom stereocenters. The molecule has 3 heterocycles. The summed E-state index contributed by atoms with van der Waals surface area (Å²) >= 11 is 0. The highest BCUT2D eigenvalue weighted by molar-refractivity contribution is 5.83. The fraction of sp³-hybridized carbons (Fsp3) is 0.762. The average Bonchev–Trinajstić information content (AvgIpc) is 2.59. The van der Waals surface area contributed by atoms with Crippen LogP contribution in [0.4, 0.5) is 0 Å². The van der Waals surface area contributed by atoms with E-state index in [0.717, 1.165) is 51.5 Å². The monoisotopic (exact) mass is 361 g/mol. The van der Waals surface area contributed by atoms with Gasteiger partial charge in [-0.25, -0.2) is 0 Å². The van der Waals surface area contributed by atoms with Crippen molar-refractivity contribution in [2.75, 3.05) is 53.0 Å². The number of piperidine rings is 2. The van der Waals surface area contributed by atoms with E-state index < -0.39 is 0 Å². The van der Waals surface area contributed by atoms with Crippen LogP contribution < -0.4 is 5.73 Å². The summed E-state index contributed by atoms with van der Waals surface area (Å²) < 4.78 is 0. The lowest BCUT2D eigenvalue weighted by molar-refractivity contribution is 0.0526. The summed E-state index contributed by atoms with van der Waals surface area (Å²) in [6.45, 7) is 19.2. The number of amidine groups is 1. The first kappa shape index (κ1) is 21.1. The van der Waals surface area contributed by atoms with Crippen molar-refractivity contribution in [3.8, 4) is 0 Å². The molecule has 0 aromatic carbocycles. The van der Waals surface area contributed by atoms with Gasteiger partial charge in [-0.1, -0.05) is 39.2 Å². The number of allylic oxidation sites excluding steroid dienone is 2. The van der Waals surface area contributed by atoms with Crippen LogP contribution >= 0.6 is 0 Å². The maximum absolute atomic E-state index is 6.19. The lowest BCUT2D eigenvalue weighted by atomic mass is 9.83. The summed E-state index contributed by atoms with van der Waals surface area (Å²) in [5.74, 6) is 0.841. The standard InChI is InChI=1S/C17H33N5.C4H6/c1-16(2)4-10-21(11-5-16)14-22-12-15(18)19-17(13-22)6-8-20(3)9-7-17;1-3-4-2/h4-14H2,1-3H3,(H2,18,19);3-4H,1-2H2. The Morgan fingerprint density at radius 3 is 2.12 bits per heavy atom. The van der Waals surface area contributed by atoms with E-state index in [1.165, 1.54) is 25.9 Å². The number of hydrogen-bond donors (Lipinski definition) is 1. The minimum Gasteiger partial charge on any atom is -0.386 e. The number of rotatable bonds is 3. The van der Waals surface area contributed by atoms with E-state index in [1.807, 2.05) is 0 Å². The van der Waals surface area contributed by atoms with E-state index in [1.54, 1.807) is 12.2 Å². The number of nitrogens with two attached hydrogens (primary N) is 1. The first-order valence-electron chi connectivity index (χ1n) is 9.98. The quantitative estimate of drug-likeness (QED) is 0.785. The van der Waals surface area contributed by atoms with Gasteiger partial charge < -0.3 is 10.6 Å². The minimum atomic E-state index is 0.0872. The Balaban J connectivity index is 0.000000552. The van der Waals surface area contributed by atoms with Crippen molar-refractivity contribution in [3.05, 3.63) is 25.3 Å². The van der Waals surface area contributed by atoms with Crippen molar-refractivity contribution in [1.29, 1.82) is 0 Å². The minimum absolute atomic E-state index is 0.0872. The molecule has 2 saturated heterocycles. The summed E-state index contributed by atoms with van der Waals surface area (Å²) in [7, 11) is 2.20. The molecule has 0 aromatic heterocycles. The van der Waals surface area contributed by atoms with Crippen LogP contribution in [0.5, 0.6) is 0 Å². The molecule has 2 fully saturated rings. The molecule has 3 rings (SSSR count). The summed E-state index contributed by atoms with van der Waals surface area (Å²) in [6, 6.07) is 0. The molecule has 0 saturated carbocycles. The van der Waals surface area contributed by atoms with Gasteiger partial charge in [-0.05, 0) is 51.2 Å². The third-order valence-electron chi connectivity index (χ3n) is 5.98. The Morgan fingerprint density at radius 1 is 1.00 bits per heavy atom. The van der Waals surface area contributed by atoms with Crippen LogP contribution in [0.1, 0.15) is 39.5 Å². The zero-order valence-electron chi connectivity index (χ0n) is 17.2. The van der Waals surface area contributed by atoms with Crippen molar-refractivity contribution >= 4 is 5.84 Å². The zero-order valence-corrected chi connectivity index (χ0v) is 17.2. The van der Waals surface area contributed by atoms with Gasteiger partial charge in [0.1, 0.15) is 5.84 Å². The molecule has 0 aliphatic carbocycles. The molecule has 26 heavy (non-hydrogen) atoms. The van der Waals surface area contributed by atoms with Gasteiger partial charge in [0.15, 0.2) is 0 Å². The fourth-order valence-corrected chi connectivity index (χ4v) is 4.06. The molecule has 3 aliphatic rings. The Morgan fingerprint density at radius 2 is 1.58 bits per heavy atom. The van der Waals surface area contributed by atoms with E-state index in [9.17, 15) is 0 Å². The predicted molar refractivity (Wildman–Crippen MR) is 113 cm³/mol. The summed E-state index contributed by atoms with van der Waals surface area (Å²) in [5.41, 5.74) is 6.80. The Hall–Kier alpha value is -1.17. The van der Waals surface area contributed by atoms with Crippen LogP contribution in [-0.4, -0.2) is 79.1 Å². The number of hydrogen-bond acceptors (Lipinski definition) is 5. The lowest BCUT2D eigenvalue weighted by Crippen LogP contribution is -2.57. The van der Waals surface area contributed by atoms with Gasteiger partial charge in [-0.15, -0.1) is 0 Å². The van der Waals surface area contributed by atoms with Gasteiger partial charge in [0.25, 0.3) is 0 Å². The first-order chi connectivity index (χ1) is 12.3. The Bertz CT molecular complexity index is 487. The molecule has 148 valence electrons. The smallest absolute Gasteiger partial charge is 0.109 e. The second kappa shape index (κ2) is 9.16. The highest BCUT2D eigenvalue weighted by Crippen LogP contribution is 2.32. The molecular weight excluding hydrogens is 322 g/mol. The van der Waals surface area contributed by atoms with Gasteiger partial charge >= 0.3 is 0 Å². The maximum Gasteiger partial charge on any atom is 0.109 e. The highest BCUT2D eigenvalue weighted by atomic mass is 15.3. The third kappa shape index (κ3) is 6.22. The number of nitrogens with zero attached hydrogens (tertiary/aromatic N) is 4. The van der Waals surface area contributed by atoms with Gasteiger partial charge in [0.05, 0.1) is 18.8 Å². The molecule has 5 nitrogen and oxygen atoms in total. The van der Waals surface area contributed by atoms with Gasteiger partial charge in [-0.2, -0.15) is 0 Å². The van der Waals surface area contributed by atoms with Crippen LogP contribution in [0.2, 0.25) is 0 Å². The third-order valence-corrected chi connectivity index (χ3v) is 5.98. The lowest BCUT2D eigenvalue weighted by Gasteiger charge is -2.46. The first-order valence-corrected chi connectivity index (χ1v) is 9.98. The van der Waals surface area contributed by atoms with Crippen molar-refractivity contribution in [3.63, 3.8) is 0 Å².